The minimum Gasteiger partial charge on any atom is -0.378 e. The van der Waals surface area contributed by atoms with E-state index in [1.54, 1.807) is 7.11 Å². The lowest BCUT2D eigenvalue weighted by molar-refractivity contribution is 0.180. The normalized spacial score (nSPS) is 23.4. The van der Waals surface area contributed by atoms with E-state index in [4.69, 9.17) is 9.72 Å². The number of anilines is 1. The van der Waals surface area contributed by atoms with Gasteiger partial charge in [0.2, 0.25) is 0 Å². The Kier molecular flexibility index (Phi) is 5.16. The van der Waals surface area contributed by atoms with Gasteiger partial charge in [-0.1, -0.05) is 19.8 Å². The summed E-state index contributed by atoms with van der Waals surface area (Å²) < 4.78 is 6.13. The van der Waals surface area contributed by atoms with Crippen LogP contribution < -0.4 is 5.32 Å². The Morgan fingerprint density at radius 1 is 1.26 bits per heavy atom. The molecule has 2 rings (SSSR count). The molecule has 1 heterocycles. The number of rotatable bonds is 4. The zero-order valence-electron chi connectivity index (χ0n) is 11.9. The number of aromatic nitrogens is 2. The lowest BCUT2D eigenvalue weighted by Crippen LogP contribution is -2.15. The molecule has 106 valence electrons. The zero-order valence-corrected chi connectivity index (χ0v) is 13.5. The van der Waals surface area contributed by atoms with Gasteiger partial charge in [-0.15, -0.1) is 0 Å². The molecule has 0 atom stereocenters. The van der Waals surface area contributed by atoms with E-state index in [1.165, 1.54) is 25.7 Å². The number of hydrogen-bond donors (Lipinski definition) is 1. The maximum Gasteiger partial charge on any atom is 0.144 e. The van der Waals surface area contributed by atoms with Crippen molar-refractivity contribution in [1.29, 1.82) is 0 Å². The van der Waals surface area contributed by atoms with Gasteiger partial charge in [-0.2, -0.15) is 0 Å². The molecule has 5 heteroatoms. The van der Waals surface area contributed by atoms with Crippen LogP contribution in [0.1, 0.15) is 50.0 Å². The molecule has 1 fully saturated rings. The highest BCUT2D eigenvalue weighted by Gasteiger charge is 2.23. The summed E-state index contributed by atoms with van der Waals surface area (Å²) >= 11 is 3.54. The van der Waals surface area contributed by atoms with Crippen LogP contribution in [0.15, 0.2) is 4.47 Å². The molecule has 1 aromatic heterocycles. The predicted octanol–water partition coefficient (Wildman–Crippen LogP) is 3.72. The van der Waals surface area contributed by atoms with E-state index in [9.17, 15) is 0 Å². The van der Waals surface area contributed by atoms with Crippen LogP contribution in [-0.2, 0) is 11.3 Å². The smallest absolute Gasteiger partial charge is 0.144 e. The topological polar surface area (TPSA) is 47.0 Å². The summed E-state index contributed by atoms with van der Waals surface area (Å²) in [5.74, 6) is 3.16. The van der Waals surface area contributed by atoms with Crippen LogP contribution in [0, 0.1) is 5.92 Å². The Hall–Kier alpha value is -0.680. The fourth-order valence-corrected chi connectivity index (χ4v) is 3.10. The molecule has 19 heavy (non-hydrogen) atoms. The second-order valence-electron chi connectivity index (χ2n) is 5.33. The van der Waals surface area contributed by atoms with Crippen LogP contribution in [0.3, 0.4) is 0 Å². The Balaban J connectivity index is 2.27. The van der Waals surface area contributed by atoms with Crippen LogP contribution in [-0.4, -0.2) is 24.1 Å². The summed E-state index contributed by atoms with van der Waals surface area (Å²) in [7, 11) is 3.58. The van der Waals surface area contributed by atoms with Gasteiger partial charge in [0.05, 0.1) is 16.8 Å². The van der Waals surface area contributed by atoms with Crippen molar-refractivity contribution in [3.8, 4) is 0 Å². The molecule has 0 unspecified atom stereocenters. The fraction of sp³-hybridized carbons (Fsp3) is 0.714. The fourth-order valence-electron chi connectivity index (χ4n) is 2.61. The summed E-state index contributed by atoms with van der Waals surface area (Å²) in [5.41, 5.74) is 0.926. The molecule has 1 aliphatic carbocycles. The largest absolute Gasteiger partial charge is 0.378 e. The Labute approximate surface area is 123 Å². The minimum absolute atomic E-state index is 0.493. The van der Waals surface area contributed by atoms with Crippen LogP contribution >= 0.6 is 15.9 Å². The third-order valence-corrected chi connectivity index (χ3v) is 4.67. The van der Waals surface area contributed by atoms with Crippen molar-refractivity contribution in [3.63, 3.8) is 0 Å². The summed E-state index contributed by atoms with van der Waals surface area (Å²) in [5, 5.41) is 3.13. The lowest BCUT2D eigenvalue weighted by Gasteiger charge is -2.25. The lowest BCUT2D eigenvalue weighted by atomic mass is 9.82. The molecule has 0 saturated heterocycles. The summed E-state index contributed by atoms with van der Waals surface area (Å²) in [6.07, 6.45) is 4.94. The van der Waals surface area contributed by atoms with Crippen LogP contribution in [0.2, 0.25) is 0 Å². The van der Waals surface area contributed by atoms with Crippen molar-refractivity contribution in [2.45, 2.75) is 45.1 Å². The van der Waals surface area contributed by atoms with Crippen molar-refractivity contribution in [2.24, 2.45) is 5.92 Å². The van der Waals surface area contributed by atoms with Crippen molar-refractivity contribution in [1.82, 2.24) is 9.97 Å². The minimum atomic E-state index is 0.493. The van der Waals surface area contributed by atoms with Crippen molar-refractivity contribution >= 4 is 21.7 Å². The quantitative estimate of drug-likeness (QED) is 0.915. The average molecular weight is 328 g/mol. The molecule has 1 N–H and O–H groups in total. The zero-order chi connectivity index (χ0) is 13.8. The van der Waals surface area contributed by atoms with Gasteiger partial charge in [-0.25, -0.2) is 9.97 Å². The number of hydrogen-bond acceptors (Lipinski definition) is 4. The number of nitrogens with zero attached hydrogens (tertiary/aromatic N) is 2. The molecule has 0 amide bonds. The Morgan fingerprint density at radius 2 is 1.95 bits per heavy atom. The standard InChI is InChI=1S/C14H22BrN3O/c1-9-4-6-10(7-5-9)13-17-11(8-19-3)12(15)14(16-2)18-13/h9-10H,4-8H2,1-3H3,(H,16,17,18). The first-order valence-corrected chi connectivity index (χ1v) is 7.68. The van der Waals surface area contributed by atoms with Gasteiger partial charge < -0.3 is 10.1 Å². The van der Waals surface area contributed by atoms with Gasteiger partial charge in [-0.3, -0.25) is 0 Å². The first kappa shape index (κ1) is 14.7. The van der Waals surface area contributed by atoms with E-state index in [0.717, 1.165) is 27.7 Å². The monoisotopic (exact) mass is 327 g/mol. The van der Waals surface area contributed by atoms with Gasteiger partial charge in [-0.05, 0) is 34.7 Å². The molecular weight excluding hydrogens is 306 g/mol. The van der Waals surface area contributed by atoms with Crippen LogP contribution in [0.25, 0.3) is 0 Å². The Morgan fingerprint density at radius 3 is 2.53 bits per heavy atom. The predicted molar refractivity (Wildman–Crippen MR) is 80.4 cm³/mol. The maximum absolute atomic E-state index is 5.22. The molecule has 1 aliphatic rings. The summed E-state index contributed by atoms with van der Waals surface area (Å²) in [6.45, 7) is 2.84. The SMILES string of the molecule is CNc1nc(C2CCC(C)CC2)nc(COC)c1Br. The Bertz CT molecular complexity index is 431. The van der Waals surface area contributed by atoms with E-state index in [2.05, 4.69) is 33.2 Å². The first-order chi connectivity index (χ1) is 9.15. The van der Waals surface area contributed by atoms with E-state index in [-0.39, 0.29) is 0 Å². The maximum atomic E-state index is 5.22. The molecule has 0 aliphatic heterocycles. The van der Waals surface area contributed by atoms with Gasteiger partial charge >= 0.3 is 0 Å². The molecule has 0 bridgehead atoms. The highest BCUT2D eigenvalue weighted by molar-refractivity contribution is 9.10. The van der Waals surface area contributed by atoms with Crippen LogP contribution in [0.5, 0.6) is 0 Å². The van der Waals surface area contributed by atoms with Crippen molar-refractivity contribution in [3.05, 3.63) is 16.0 Å². The number of ether oxygens (including phenoxy) is 1. The third-order valence-electron chi connectivity index (χ3n) is 3.84. The highest BCUT2D eigenvalue weighted by atomic mass is 79.9. The second-order valence-corrected chi connectivity index (χ2v) is 6.12. The molecule has 0 spiro atoms. The van der Waals surface area contributed by atoms with Gasteiger partial charge in [0.25, 0.3) is 0 Å². The van der Waals surface area contributed by atoms with Gasteiger partial charge in [0.1, 0.15) is 11.6 Å². The third kappa shape index (κ3) is 3.45. The highest BCUT2D eigenvalue weighted by Crippen LogP contribution is 2.35. The molecule has 1 aromatic rings. The molecule has 4 nitrogen and oxygen atoms in total. The van der Waals surface area contributed by atoms with Gasteiger partial charge in [0, 0.05) is 20.1 Å². The average Bonchev–Trinajstić information content (AvgIpc) is 2.42. The first-order valence-electron chi connectivity index (χ1n) is 6.88. The van der Waals surface area contributed by atoms with Crippen LogP contribution in [0.4, 0.5) is 5.82 Å². The molecule has 0 aromatic carbocycles. The van der Waals surface area contributed by atoms with E-state index in [0.29, 0.717) is 12.5 Å². The molecule has 0 radical (unpaired) electrons. The molecule has 1 saturated carbocycles. The summed E-state index contributed by atoms with van der Waals surface area (Å²) in [4.78, 5) is 9.35. The number of methoxy groups -OCH3 is 1. The molecular formula is C14H22BrN3O. The van der Waals surface area contributed by atoms with Crippen molar-refractivity contribution < 1.29 is 4.74 Å². The van der Waals surface area contributed by atoms with Crippen molar-refractivity contribution in [2.75, 3.05) is 19.5 Å². The van der Waals surface area contributed by atoms with E-state index >= 15 is 0 Å². The van der Waals surface area contributed by atoms with E-state index in [1.807, 2.05) is 7.05 Å². The van der Waals surface area contributed by atoms with Gasteiger partial charge in [0.15, 0.2) is 0 Å². The number of halogens is 1. The van der Waals surface area contributed by atoms with E-state index < -0.39 is 0 Å². The number of nitrogens with one attached hydrogen (secondary N) is 1. The summed E-state index contributed by atoms with van der Waals surface area (Å²) in [6, 6.07) is 0. The second kappa shape index (κ2) is 6.66.